The molecule has 0 saturated heterocycles. The predicted octanol–water partition coefficient (Wildman–Crippen LogP) is 2.61. The maximum atomic E-state index is 13.4. The van der Waals surface area contributed by atoms with Crippen molar-refractivity contribution >= 4 is 17.4 Å². The first kappa shape index (κ1) is 12.6. The molecule has 0 bridgehead atoms. The highest BCUT2D eigenvalue weighted by Crippen LogP contribution is 2.21. The van der Waals surface area contributed by atoms with Crippen LogP contribution in [0.3, 0.4) is 0 Å². The highest BCUT2D eigenvalue weighted by molar-refractivity contribution is 5.90. The van der Waals surface area contributed by atoms with Crippen molar-refractivity contribution in [3.8, 4) is 0 Å². The first-order valence-corrected chi connectivity index (χ1v) is 5.88. The van der Waals surface area contributed by atoms with Crippen molar-refractivity contribution in [1.29, 1.82) is 0 Å². The normalized spacial score (nSPS) is 15.7. The van der Waals surface area contributed by atoms with Crippen molar-refractivity contribution in [3.05, 3.63) is 23.8 Å². The van der Waals surface area contributed by atoms with E-state index in [1.165, 1.54) is 0 Å². The molecular weight excluding hydrogens is 240 g/mol. The number of amides is 2. The molecule has 1 aromatic rings. The van der Waals surface area contributed by atoms with Gasteiger partial charge in [0.15, 0.2) is 0 Å². The fraction of sp³-hybridized carbons (Fsp3) is 0.417. The average Bonchev–Trinajstić information content (AvgIpc) is 2.78. The van der Waals surface area contributed by atoms with Crippen LogP contribution in [0.4, 0.5) is 25.0 Å². The van der Waals surface area contributed by atoms with E-state index in [0.29, 0.717) is 6.07 Å². The summed E-state index contributed by atoms with van der Waals surface area (Å²) in [5.41, 5.74) is 4.99. The van der Waals surface area contributed by atoms with E-state index in [1.54, 1.807) is 0 Å². The summed E-state index contributed by atoms with van der Waals surface area (Å²) in [6.45, 7) is 0. The quantitative estimate of drug-likeness (QED) is 0.711. The van der Waals surface area contributed by atoms with Gasteiger partial charge in [0.25, 0.3) is 0 Å². The second-order valence-electron chi connectivity index (χ2n) is 4.43. The molecule has 4 nitrogen and oxygen atoms in total. The molecular formula is C12H15F2N3O. The summed E-state index contributed by atoms with van der Waals surface area (Å²) in [7, 11) is 0. The third-order valence-corrected chi connectivity index (χ3v) is 3.02. The van der Waals surface area contributed by atoms with E-state index in [0.717, 1.165) is 31.7 Å². The summed E-state index contributed by atoms with van der Waals surface area (Å²) in [4.78, 5) is 11.6. The molecule has 0 spiro atoms. The average molecular weight is 255 g/mol. The highest BCUT2D eigenvalue weighted by atomic mass is 19.1. The molecule has 6 heteroatoms. The summed E-state index contributed by atoms with van der Waals surface area (Å²) < 4.78 is 26.3. The summed E-state index contributed by atoms with van der Waals surface area (Å²) in [6, 6.07) is 1.36. The van der Waals surface area contributed by atoms with Crippen LogP contribution < -0.4 is 16.4 Å². The van der Waals surface area contributed by atoms with Crippen LogP contribution in [0.15, 0.2) is 12.1 Å². The molecule has 0 radical (unpaired) electrons. The number of nitrogens with two attached hydrogens (primary N) is 1. The van der Waals surface area contributed by atoms with Gasteiger partial charge in [-0.15, -0.1) is 0 Å². The second kappa shape index (κ2) is 5.20. The van der Waals surface area contributed by atoms with E-state index in [9.17, 15) is 13.6 Å². The Balaban J connectivity index is 2.00. The van der Waals surface area contributed by atoms with E-state index in [4.69, 9.17) is 5.73 Å². The van der Waals surface area contributed by atoms with Crippen molar-refractivity contribution in [1.82, 2.24) is 5.32 Å². The number of carbonyl (C=O) groups excluding carboxylic acids is 1. The molecule has 1 saturated carbocycles. The van der Waals surface area contributed by atoms with Crippen LogP contribution in [0.1, 0.15) is 25.7 Å². The number of rotatable bonds is 2. The molecule has 1 aromatic carbocycles. The Labute approximate surface area is 104 Å². The molecule has 2 amide bonds. The zero-order valence-corrected chi connectivity index (χ0v) is 9.80. The lowest BCUT2D eigenvalue weighted by Crippen LogP contribution is -2.36. The van der Waals surface area contributed by atoms with Crippen LogP contribution in [0.25, 0.3) is 0 Å². The van der Waals surface area contributed by atoms with Crippen LogP contribution >= 0.6 is 0 Å². The van der Waals surface area contributed by atoms with Crippen LogP contribution in [0.2, 0.25) is 0 Å². The van der Waals surface area contributed by atoms with Gasteiger partial charge in [-0.3, -0.25) is 0 Å². The summed E-state index contributed by atoms with van der Waals surface area (Å²) in [6.07, 6.45) is 4.04. The first-order chi connectivity index (χ1) is 8.56. The lowest BCUT2D eigenvalue weighted by Gasteiger charge is -2.13. The predicted molar refractivity (Wildman–Crippen MR) is 65.2 cm³/mol. The van der Waals surface area contributed by atoms with E-state index in [2.05, 4.69) is 10.6 Å². The highest BCUT2D eigenvalue weighted by Gasteiger charge is 2.18. The van der Waals surface area contributed by atoms with Crippen molar-refractivity contribution < 1.29 is 13.6 Å². The van der Waals surface area contributed by atoms with E-state index in [-0.39, 0.29) is 17.4 Å². The van der Waals surface area contributed by atoms with E-state index < -0.39 is 17.7 Å². The minimum atomic E-state index is -0.844. The van der Waals surface area contributed by atoms with Crippen LogP contribution in [-0.2, 0) is 0 Å². The molecule has 1 aliphatic rings. The number of anilines is 2. The molecule has 4 N–H and O–H groups in total. The first-order valence-electron chi connectivity index (χ1n) is 5.88. The van der Waals surface area contributed by atoms with Gasteiger partial charge in [-0.1, -0.05) is 12.8 Å². The van der Waals surface area contributed by atoms with E-state index >= 15 is 0 Å². The Kier molecular flexibility index (Phi) is 3.64. The minimum Gasteiger partial charge on any atom is -0.396 e. The largest absolute Gasteiger partial charge is 0.396 e. The SMILES string of the molecule is Nc1cc(NC(=O)NC2CCCC2)c(F)cc1F. The van der Waals surface area contributed by atoms with Crippen molar-refractivity contribution in [2.75, 3.05) is 11.1 Å². The molecule has 0 unspecified atom stereocenters. The number of urea groups is 1. The molecule has 2 rings (SSSR count). The molecule has 0 atom stereocenters. The van der Waals surface area contributed by atoms with Crippen LogP contribution in [0, 0.1) is 11.6 Å². The topological polar surface area (TPSA) is 67.1 Å². The Hall–Kier alpha value is -1.85. The zero-order valence-electron chi connectivity index (χ0n) is 9.80. The fourth-order valence-corrected chi connectivity index (χ4v) is 2.08. The van der Waals surface area contributed by atoms with Crippen molar-refractivity contribution in [3.63, 3.8) is 0 Å². The molecule has 18 heavy (non-hydrogen) atoms. The Morgan fingerprint density at radius 1 is 1.22 bits per heavy atom. The monoisotopic (exact) mass is 255 g/mol. The lowest BCUT2D eigenvalue weighted by molar-refractivity contribution is 0.248. The third-order valence-electron chi connectivity index (χ3n) is 3.02. The van der Waals surface area contributed by atoms with Gasteiger partial charge in [-0.25, -0.2) is 13.6 Å². The smallest absolute Gasteiger partial charge is 0.319 e. The lowest BCUT2D eigenvalue weighted by atomic mass is 10.2. The molecule has 0 aliphatic heterocycles. The number of benzene rings is 1. The fourth-order valence-electron chi connectivity index (χ4n) is 2.08. The number of carbonyl (C=O) groups is 1. The van der Waals surface area contributed by atoms with E-state index in [1.807, 2.05) is 0 Å². The third kappa shape index (κ3) is 2.88. The van der Waals surface area contributed by atoms with Gasteiger partial charge in [-0.05, 0) is 18.9 Å². The Bertz CT molecular complexity index is 459. The summed E-state index contributed by atoms with van der Waals surface area (Å²) in [5, 5.41) is 5.07. The molecule has 0 heterocycles. The van der Waals surface area contributed by atoms with Crippen molar-refractivity contribution in [2.24, 2.45) is 0 Å². The van der Waals surface area contributed by atoms with Gasteiger partial charge in [0, 0.05) is 12.1 Å². The Morgan fingerprint density at radius 3 is 2.56 bits per heavy atom. The molecule has 98 valence electrons. The number of halogens is 2. The summed E-state index contributed by atoms with van der Waals surface area (Å²) in [5.74, 6) is -1.68. The second-order valence-corrected chi connectivity index (χ2v) is 4.43. The standard InChI is InChI=1S/C12H15F2N3O/c13-8-5-9(14)11(6-10(8)15)17-12(18)16-7-3-1-2-4-7/h5-7H,1-4,15H2,(H2,16,17,18). The molecule has 0 aromatic heterocycles. The number of hydrogen-bond acceptors (Lipinski definition) is 2. The number of hydrogen-bond donors (Lipinski definition) is 3. The molecule has 1 aliphatic carbocycles. The zero-order chi connectivity index (χ0) is 13.1. The number of nitrogens with one attached hydrogen (secondary N) is 2. The minimum absolute atomic E-state index is 0.121. The van der Waals surface area contributed by atoms with Gasteiger partial charge in [0.05, 0.1) is 11.4 Å². The molecule has 1 fully saturated rings. The van der Waals surface area contributed by atoms with Crippen LogP contribution in [0.5, 0.6) is 0 Å². The van der Waals surface area contributed by atoms with Gasteiger partial charge in [0.2, 0.25) is 0 Å². The van der Waals surface area contributed by atoms with Gasteiger partial charge in [0.1, 0.15) is 11.6 Å². The maximum absolute atomic E-state index is 13.4. The maximum Gasteiger partial charge on any atom is 0.319 e. The van der Waals surface area contributed by atoms with Gasteiger partial charge < -0.3 is 16.4 Å². The van der Waals surface area contributed by atoms with Crippen molar-refractivity contribution in [2.45, 2.75) is 31.7 Å². The summed E-state index contributed by atoms with van der Waals surface area (Å²) >= 11 is 0. The number of nitrogen functional groups attached to an aromatic ring is 1. The Morgan fingerprint density at radius 2 is 1.89 bits per heavy atom. The van der Waals surface area contributed by atoms with Crippen LogP contribution in [-0.4, -0.2) is 12.1 Å². The van der Waals surface area contributed by atoms with Gasteiger partial charge in [-0.2, -0.15) is 0 Å². The van der Waals surface area contributed by atoms with Gasteiger partial charge >= 0.3 is 6.03 Å².